The molecular weight excluding hydrogens is 497 g/mol. The number of alkyl halides is 3. The standard InChI is InChI=1S/C24H27F3N4O4S/c1-14(2)13-31(23(33)24(25,26)27)19(22-28-17-5-3-4-6-18(17)29-22)11-15-7-9-16(10-8-15)20-12-21(32)30-36(20,34)35/h3-10,14,19-20,34-35H,11-13H2,1-2H3,(H,28,29)(H,30,32)/t19-,20?/m0/s1. The molecule has 1 aliphatic heterocycles. The van der Waals surface area contributed by atoms with Gasteiger partial charge in [-0.25, -0.2) is 4.98 Å². The van der Waals surface area contributed by atoms with Gasteiger partial charge in [-0.2, -0.15) is 13.2 Å². The van der Waals surface area contributed by atoms with E-state index in [1.54, 1.807) is 62.4 Å². The van der Waals surface area contributed by atoms with E-state index in [0.717, 1.165) is 4.90 Å². The molecule has 1 unspecified atom stereocenters. The first-order chi connectivity index (χ1) is 16.8. The van der Waals surface area contributed by atoms with Crippen molar-refractivity contribution in [3.63, 3.8) is 0 Å². The molecule has 1 saturated heterocycles. The van der Waals surface area contributed by atoms with Crippen LogP contribution in [-0.2, 0) is 16.0 Å². The summed E-state index contributed by atoms with van der Waals surface area (Å²) in [4.78, 5) is 32.5. The van der Waals surface area contributed by atoms with E-state index in [9.17, 15) is 31.9 Å². The number of halogens is 3. The molecule has 2 heterocycles. The second-order valence-corrected chi connectivity index (χ2v) is 11.2. The average molecular weight is 525 g/mol. The number of amides is 2. The molecule has 12 heteroatoms. The van der Waals surface area contributed by atoms with Gasteiger partial charge in [0.2, 0.25) is 5.91 Å². The summed E-state index contributed by atoms with van der Waals surface area (Å²) in [7, 11) is -3.33. The molecular formula is C24H27F3N4O4S. The van der Waals surface area contributed by atoms with E-state index in [0.29, 0.717) is 22.2 Å². The fourth-order valence-electron chi connectivity index (χ4n) is 4.36. The van der Waals surface area contributed by atoms with Crippen LogP contribution in [0, 0.1) is 5.92 Å². The molecule has 4 N–H and O–H groups in total. The first kappa shape index (κ1) is 26.0. The van der Waals surface area contributed by atoms with Crippen LogP contribution in [0.2, 0.25) is 0 Å². The summed E-state index contributed by atoms with van der Waals surface area (Å²) in [6, 6.07) is 12.5. The Hall–Kier alpha value is -3.09. The third-order valence-corrected chi connectivity index (χ3v) is 7.74. The molecule has 2 atom stereocenters. The van der Waals surface area contributed by atoms with Crippen LogP contribution < -0.4 is 4.72 Å². The van der Waals surface area contributed by atoms with Crippen LogP contribution >= 0.6 is 10.8 Å². The third kappa shape index (κ3) is 5.50. The number of H-pyrrole nitrogens is 1. The summed E-state index contributed by atoms with van der Waals surface area (Å²) in [6.45, 7) is 3.34. The van der Waals surface area contributed by atoms with Crippen LogP contribution in [0.4, 0.5) is 13.2 Å². The highest BCUT2D eigenvalue weighted by Gasteiger charge is 2.45. The Kier molecular flexibility index (Phi) is 7.04. The zero-order valence-corrected chi connectivity index (χ0v) is 20.4. The lowest BCUT2D eigenvalue weighted by molar-refractivity contribution is -0.188. The number of carbonyl (C=O) groups excluding carboxylic acids is 2. The SMILES string of the molecule is CC(C)CN(C(=O)C(F)(F)F)[C@@H](Cc1ccc(C2CC(=O)NS2(O)O)cc1)c1nc2ccccc2[nH]1. The van der Waals surface area contributed by atoms with Gasteiger partial charge in [0.05, 0.1) is 23.5 Å². The van der Waals surface area contributed by atoms with Gasteiger partial charge in [-0.15, -0.1) is 10.8 Å². The van der Waals surface area contributed by atoms with Gasteiger partial charge in [-0.05, 0) is 29.2 Å². The smallest absolute Gasteiger partial charge is 0.340 e. The monoisotopic (exact) mass is 524 g/mol. The summed E-state index contributed by atoms with van der Waals surface area (Å²) in [5, 5.41) is -0.811. The molecule has 1 aromatic heterocycles. The summed E-state index contributed by atoms with van der Waals surface area (Å²) < 4.78 is 63.3. The number of fused-ring (bicyclic) bond motifs is 1. The van der Waals surface area contributed by atoms with Crippen LogP contribution in [0.5, 0.6) is 0 Å². The lowest BCUT2D eigenvalue weighted by atomic mass is 9.99. The molecule has 2 amide bonds. The first-order valence-electron chi connectivity index (χ1n) is 11.3. The zero-order valence-electron chi connectivity index (χ0n) is 19.6. The maximum atomic E-state index is 13.6. The number of para-hydroxylation sites is 2. The minimum Gasteiger partial charge on any atom is -0.340 e. The number of imidazole rings is 1. The maximum absolute atomic E-state index is 13.6. The molecule has 8 nitrogen and oxygen atoms in total. The topological polar surface area (TPSA) is 119 Å². The van der Waals surface area contributed by atoms with Gasteiger partial charge in [0.15, 0.2) is 0 Å². The number of hydrogen-bond donors (Lipinski definition) is 4. The Bertz CT molecular complexity index is 1230. The largest absolute Gasteiger partial charge is 0.471 e. The predicted octanol–water partition coefficient (Wildman–Crippen LogP) is 5.12. The van der Waals surface area contributed by atoms with Crippen molar-refractivity contribution in [3.05, 3.63) is 65.5 Å². The number of nitrogens with one attached hydrogen (secondary N) is 2. The Morgan fingerprint density at radius 1 is 1.17 bits per heavy atom. The van der Waals surface area contributed by atoms with Crippen molar-refractivity contribution in [1.82, 2.24) is 19.6 Å². The van der Waals surface area contributed by atoms with Crippen molar-refractivity contribution in [2.45, 2.75) is 44.2 Å². The highest BCUT2D eigenvalue weighted by atomic mass is 32.3. The highest BCUT2D eigenvalue weighted by molar-refractivity contribution is 8.23. The van der Waals surface area contributed by atoms with E-state index in [1.165, 1.54) is 0 Å². The fraction of sp³-hybridized carbons (Fsp3) is 0.375. The number of aromatic amines is 1. The van der Waals surface area contributed by atoms with Crippen molar-refractivity contribution in [2.24, 2.45) is 5.92 Å². The highest BCUT2D eigenvalue weighted by Crippen LogP contribution is 2.56. The van der Waals surface area contributed by atoms with E-state index < -0.39 is 40.1 Å². The van der Waals surface area contributed by atoms with Gasteiger partial charge >= 0.3 is 12.1 Å². The molecule has 36 heavy (non-hydrogen) atoms. The molecule has 3 aromatic rings. The van der Waals surface area contributed by atoms with Crippen LogP contribution in [-0.4, -0.2) is 48.5 Å². The molecule has 2 aromatic carbocycles. The number of aromatic nitrogens is 2. The van der Waals surface area contributed by atoms with Gasteiger partial charge in [0, 0.05) is 13.0 Å². The number of rotatable bonds is 7. The molecule has 1 aliphatic rings. The number of carbonyl (C=O) groups is 2. The number of hydrogen-bond acceptors (Lipinski definition) is 5. The predicted molar refractivity (Wildman–Crippen MR) is 130 cm³/mol. The van der Waals surface area contributed by atoms with Gasteiger partial charge < -0.3 is 9.88 Å². The maximum Gasteiger partial charge on any atom is 0.471 e. The van der Waals surface area contributed by atoms with E-state index in [1.807, 2.05) is 0 Å². The Labute approximate surface area is 207 Å². The van der Waals surface area contributed by atoms with Gasteiger partial charge in [0.25, 0.3) is 0 Å². The van der Waals surface area contributed by atoms with Crippen molar-refractivity contribution in [2.75, 3.05) is 6.54 Å². The molecule has 0 saturated carbocycles. The molecule has 4 rings (SSSR count). The average Bonchev–Trinajstić information content (AvgIpc) is 3.34. The van der Waals surface area contributed by atoms with E-state index in [4.69, 9.17) is 0 Å². The summed E-state index contributed by atoms with van der Waals surface area (Å²) in [6.07, 6.45) is -5.10. The number of benzene rings is 2. The quantitative estimate of drug-likeness (QED) is 0.342. The van der Waals surface area contributed by atoms with E-state index in [-0.39, 0.29) is 31.1 Å². The lowest BCUT2D eigenvalue weighted by Crippen LogP contribution is -2.46. The Balaban J connectivity index is 1.70. The summed E-state index contributed by atoms with van der Waals surface area (Å²) >= 11 is 0. The minimum atomic E-state index is -5.06. The van der Waals surface area contributed by atoms with Crippen LogP contribution in [0.25, 0.3) is 11.0 Å². The second-order valence-electron chi connectivity index (χ2n) is 9.26. The van der Waals surface area contributed by atoms with Gasteiger partial charge in [0.1, 0.15) is 11.1 Å². The molecule has 0 radical (unpaired) electrons. The molecule has 0 aliphatic carbocycles. The summed E-state index contributed by atoms with van der Waals surface area (Å²) in [5.41, 5.74) is 2.34. The van der Waals surface area contributed by atoms with E-state index in [2.05, 4.69) is 14.7 Å². The Morgan fingerprint density at radius 3 is 2.39 bits per heavy atom. The van der Waals surface area contributed by atoms with Crippen molar-refractivity contribution in [3.8, 4) is 0 Å². The van der Waals surface area contributed by atoms with Crippen molar-refractivity contribution in [1.29, 1.82) is 0 Å². The summed E-state index contributed by atoms with van der Waals surface area (Å²) in [5.74, 6) is -2.41. The lowest BCUT2D eigenvalue weighted by Gasteiger charge is -2.33. The molecule has 194 valence electrons. The minimum absolute atomic E-state index is 0.0345. The third-order valence-electron chi connectivity index (χ3n) is 5.98. The Morgan fingerprint density at radius 2 is 1.83 bits per heavy atom. The first-order valence-corrected chi connectivity index (χ1v) is 12.9. The van der Waals surface area contributed by atoms with Crippen molar-refractivity contribution >= 4 is 33.6 Å². The molecule has 0 bridgehead atoms. The molecule has 0 spiro atoms. The van der Waals surface area contributed by atoms with Gasteiger partial charge in [-0.1, -0.05) is 50.2 Å². The van der Waals surface area contributed by atoms with Crippen LogP contribution in [0.15, 0.2) is 48.5 Å². The van der Waals surface area contributed by atoms with Crippen LogP contribution in [0.3, 0.4) is 0 Å². The van der Waals surface area contributed by atoms with Gasteiger partial charge in [-0.3, -0.25) is 23.4 Å². The second kappa shape index (κ2) is 9.75. The van der Waals surface area contributed by atoms with E-state index >= 15 is 0 Å². The zero-order chi connectivity index (χ0) is 26.3. The molecule has 1 fully saturated rings. The van der Waals surface area contributed by atoms with Crippen molar-refractivity contribution < 1.29 is 31.9 Å². The number of nitrogens with zero attached hydrogens (tertiary/aromatic N) is 2. The van der Waals surface area contributed by atoms with Crippen LogP contribution in [0.1, 0.15) is 48.5 Å². The normalized spacial score (nSPS) is 19.3. The fourth-order valence-corrected chi connectivity index (χ4v) is 5.84.